The number of aliphatic carboxylic acids is 1. The second-order valence-corrected chi connectivity index (χ2v) is 9.32. The van der Waals surface area contributed by atoms with Gasteiger partial charge in [0.15, 0.2) is 29.4 Å². The van der Waals surface area contributed by atoms with E-state index in [1.54, 1.807) is 5.38 Å². The average molecular weight is 543 g/mol. The number of terminal acetylenes is 1. The molecule has 0 saturated carbocycles. The van der Waals surface area contributed by atoms with Gasteiger partial charge in [-0.2, -0.15) is 9.97 Å². The lowest BCUT2D eigenvalue weighted by Crippen LogP contribution is -2.48. The lowest BCUT2D eigenvalue weighted by Gasteiger charge is -2.25. The van der Waals surface area contributed by atoms with Gasteiger partial charge in [-0.1, -0.05) is 36.3 Å². The minimum absolute atomic E-state index is 0.00997. The van der Waals surface area contributed by atoms with E-state index < -0.39 is 42.7 Å². The molecule has 0 aliphatic carbocycles. The molecular weight excluding hydrogens is 524 g/mol. The predicted octanol–water partition coefficient (Wildman–Crippen LogP) is 1.65. The Labute approximate surface area is 218 Å². The summed E-state index contributed by atoms with van der Waals surface area (Å²) in [5, 5.41) is 33.8. The summed E-state index contributed by atoms with van der Waals surface area (Å²) in [6, 6.07) is 9.26. The monoisotopic (exact) mass is 542 g/mol. The molecule has 4 heterocycles. The molecule has 5 atom stereocenters. The fraction of sp³-hybridized carbons (Fsp3) is 0.261. The number of aliphatic hydroxyl groups excluding tert-OH is 1. The molecule has 1 aliphatic rings. The van der Waals surface area contributed by atoms with Crippen LogP contribution in [0.1, 0.15) is 18.0 Å². The van der Waals surface area contributed by atoms with Crippen molar-refractivity contribution in [3.8, 4) is 22.9 Å². The Morgan fingerprint density at radius 2 is 2.11 bits per heavy atom. The van der Waals surface area contributed by atoms with Crippen LogP contribution in [0.15, 0.2) is 42.0 Å². The summed E-state index contributed by atoms with van der Waals surface area (Å²) in [5.41, 5.74) is 4.94. The molecule has 1 unspecified atom stereocenters. The van der Waals surface area contributed by atoms with Crippen molar-refractivity contribution in [2.45, 2.75) is 30.1 Å². The molecule has 0 bridgehead atoms. The number of ether oxygens (including phenoxy) is 2. The van der Waals surface area contributed by atoms with Crippen LogP contribution < -0.4 is 5.73 Å². The van der Waals surface area contributed by atoms with Crippen molar-refractivity contribution < 1.29 is 29.6 Å². The molecular formula is C23H19ClN6O6S. The van der Waals surface area contributed by atoms with Crippen LogP contribution in [-0.4, -0.2) is 70.2 Å². The highest BCUT2D eigenvalue weighted by molar-refractivity contribution is 7.13. The van der Waals surface area contributed by atoms with Gasteiger partial charge in [-0.3, -0.25) is 4.57 Å². The van der Waals surface area contributed by atoms with Gasteiger partial charge in [-0.25, -0.2) is 14.8 Å². The molecule has 0 radical (unpaired) electrons. The number of nitrogens with zero attached hydrogens (tertiary/aromatic N) is 5. The van der Waals surface area contributed by atoms with Gasteiger partial charge in [0, 0.05) is 10.9 Å². The molecule has 4 aromatic rings. The lowest BCUT2D eigenvalue weighted by molar-refractivity contribution is -0.157. The zero-order chi connectivity index (χ0) is 26.3. The number of imidazole rings is 1. The first-order chi connectivity index (χ1) is 17.7. The van der Waals surface area contributed by atoms with Gasteiger partial charge in [-0.05, 0) is 11.6 Å². The van der Waals surface area contributed by atoms with Crippen molar-refractivity contribution in [2.24, 2.45) is 0 Å². The number of benzene rings is 1. The second-order valence-electron chi connectivity index (χ2n) is 8.13. The van der Waals surface area contributed by atoms with Crippen LogP contribution in [0.2, 0.25) is 5.28 Å². The standard InChI is InChI=1S/C23H19ClN6O6S/c1-2-23(34)13(36-20(16(23)31)30-10-26-14-17(25)28-22(24)29-18(14)30)8-35-15(21(32)33)12-9-37-19(27-12)11-6-4-3-5-7-11/h1,3-7,9-10,13,15-16,20,31,34H,8H2,(H,32,33)(H2,25,28,29)/t13-,15?,16+,20-,23-/m1/s1. The van der Waals surface area contributed by atoms with Crippen molar-refractivity contribution in [2.75, 3.05) is 12.3 Å². The van der Waals surface area contributed by atoms with Gasteiger partial charge < -0.3 is 30.5 Å². The SMILES string of the molecule is C#C[C@@]1(O)[C@@H](COC(C(=O)O)c2csc(-c3ccccc3)n2)O[C@@H](n2cnc3c(N)nc(Cl)nc32)[C@@H]1O. The van der Waals surface area contributed by atoms with Crippen LogP contribution in [0.3, 0.4) is 0 Å². The summed E-state index contributed by atoms with van der Waals surface area (Å²) < 4.78 is 12.8. The number of hydrogen-bond acceptors (Lipinski definition) is 11. The first-order valence-electron chi connectivity index (χ1n) is 10.8. The Hall–Kier alpha value is -3.64. The quantitative estimate of drug-likeness (QED) is 0.197. The summed E-state index contributed by atoms with van der Waals surface area (Å²) in [7, 11) is 0. The molecule has 5 N–H and O–H groups in total. The molecule has 0 spiro atoms. The second kappa shape index (κ2) is 9.67. The largest absolute Gasteiger partial charge is 0.479 e. The van der Waals surface area contributed by atoms with Gasteiger partial charge >= 0.3 is 5.97 Å². The Kier molecular flexibility index (Phi) is 6.54. The van der Waals surface area contributed by atoms with E-state index in [2.05, 4.69) is 25.9 Å². The third-order valence-electron chi connectivity index (χ3n) is 5.89. The maximum atomic E-state index is 12.0. The smallest absolute Gasteiger partial charge is 0.339 e. The number of aliphatic hydroxyl groups is 2. The molecule has 1 saturated heterocycles. The molecule has 5 rings (SSSR count). The highest BCUT2D eigenvalue weighted by Crippen LogP contribution is 2.39. The molecule has 1 fully saturated rings. The van der Waals surface area contributed by atoms with Gasteiger partial charge in [-0.15, -0.1) is 17.8 Å². The van der Waals surface area contributed by atoms with E-state index in [1.807, 2.05) is 30.3 Å². The van der Waals surface area contributed by atoms with Gasteiger partial charge in [0.05, 0.1) is 18.6 Å². The van der Waals surface area contributed by atoms with E-state index in [4.69, 9.17) is 33.2 Å². The third kappa shape index (κ3) is 4.40. The van der Waals surface area contributed by atoms with E-state index in [0.29, 0.717) is 5.01 Å². The molecule has 3 aromatic heterocycles. The van der Waals surface area contributed by atoms with E-state index in [0.717, 1.165) is 5.56 Å². The number of carbonyl (C=O) groups is 1. The summed E-state index contributed by atoms with van der Waals surface area (Å²) in [5.74, 6) is 0.854. The molecule has 0 amide bonds. The predicted molar refractivity (Wildman–Crippen MR) is 132 cm³/mol. The van der Waals surface area contributed by atoms with Gasteiger partial charge in [0.25, 0.3) is 0 Å². The lowest BCUT2D eigenvalue weighted by atomic mass is 9.93. The van der Waals surface area contributed by atoms with Crippen molar-refractivity contribution in [3.63, 3.8) is 0 Å². The van der Waals surface area contributed by atoms with Crippen LogP contribution in [0.5, 0.6) is 0 Å². The maximum absolute atomic E-state index is 12.0. The Balaban J connectivity index is 1.39. The fourth-order valence-electron chi connectivity index (χ4n) is 4.00. The number of nitrogen functional groups attached to an aromatic ring is 1. The summed E-state index contributed by atoms with van der Waals surface area (Å²) in [4.78, 5) is 28.4. The zero-order valence-electron chi connectivity index (χ0n) is 18.8. The van der Waals surface area contributed by atoms with Gasteiger partial charge in [0.1, 0.15) is 22.7 Å². The number of anilines is 1. The number of halogens is 1. The maximum Gasteiger partial charge on any atom is 0.339 e. The summed E-state index contributed by atoms with van der Waals surface area (Å²) in [6.07, 6.45) is 1.11. The van der Waals surface area contributed by atoms with E-state index in [-0.39, 0.29) is 28.0 Å². The topological polar surface area (TPSA) is 179 Å². The van der Waals surface area contributed by atoms with Crippen LogP contribution in [0, 0.1) is 12.3 Å². The molecule has 190 valence electrons. The first-order valence-corrected chi connectivity index (χ1v) is 12.0. The number of nitrogens with two attached hydrogens (primary N) is 1. The summed E-state index contributed by atoms with van der Waals surface area (Å²) in [6.45, 7) is -0.478. The minimum Gasteiger partial charge on any atom is -0.479 e. The van der Waals surface area contributed by atoms with Crippen molar-refractivity contribution in [1.82, 2.24) is 24.5 Å². The Bertz CT molecular complexity index is 1510. The molecule has 14 heteroatoms. The van der Waals surface area contributed by atoms with Crippen LogP contribution in [0.4, 0.5) is 5.82 Å². The van der Waals surface area contributed by atoms with E-state index >= 15 is 0 Å². The summed E-state index contributed by atoms with van der Waals surface area (Å²) >= 11 is 7.17. The average Bonchev–Trinajstić information content (AvgIpc) is 3.58. The molecule has 12 nitrogen and oxygen atoms in total. The highest BCUT2D eigenvalue weighted by Gasteiger charge is 2.56. The van der Waals surface area contributed by atoms with Gasteiger partial charge in [0.2, 0.25) is 5.28 Å². The van der Waals surface area contributed by atoms with Crippen molar-refractivity contribution in [1.29, 1.82) is 0 Å². The molecule has 1 aromatic carbocycles. The van der Waals surface area contributed by atoms with E-state index in [9.17, 15) is 20.1 Å². The number of carboxylic acid groups (broad SMARTS) is 1. The number of aromatic nitrogens is 5. The fourth-order valence-corrected chi connectivity index (χ4v) is 5.01. The van der Waals surface area contributed by atoms with E-state index in [1.165, 1.54) is 22.2 Å². The number of rotatable bonds is 7. The van der Waals surface area contributed by atoms with Crippen molar-refractivity contribution in [3.05, 3.63) is 53.0 Å². The Morgan fingerprint density at radius 3 is 2.81 bits per heavy atom. The van der Waals surface area contributed by atoms with Crippen LogP contribution in [0.25, 0.3) is 21.7 Å². The molecule has 1 aliphatic heterocycles. The first kappa shape index (κ1) is 25.0. The number of thiazole rings is 1. The number of carboxylic acids is 1. The van der Waals surface area contributed by atoms with Crippen LogP contribution in [-0.2, 0) is 14.3 Å². The minimum atomic E-state index is -2.23. The normalized spacial score (nSPS) is 24.2. The number of fused-ring (bicyclic) bond motifs is 1. The number of hydrogen-bond donors (Lipinski definition) is 4. The highest BCUT2D eigenvalue weighted by atomic mass is 35.5. The Morgan fingerprint density at radius 1 is 1.35 bits per heavy atom. The van der Waals surface area contributed by atoms with Crippen molar-refractivity contribution >= 4 is 45.9 Å². The molecule has 37 heavy (non-hydrogen) atoms. The van der Waals surface area contributed by atoms with Crippen LogP contribution >= 0.6 is 22.9 Å². The third-order valence-corrected chi connectivity index (χ3v) is 6.97. The zero-order valence-corrected chi connectivity index (χ0v) is 20.4.